The monoisotopic (exact) mass is 367 g/mol. The third-order valence-corrected chi connectivity index (χ3v) is 5.90. The zero-order chi connectivity index (χ0) is 18.1. The van der Waals surface area contributed by atoms with E-state index in [1.807, 2.05) is 30.0 Å². The normalized spacial score (nSPS) is 17.4. The SMILES string of the molecule is CC(C)(C)c1ccccc1Oc1ncccc1N1CSC2=C1CCNC2. The predicted molar refractivity (Wildman–Crippen MR) is 109 cm³/mol. The van der Waals surface area contributed by atoms with Gasteiger partial charge < -0.3 is 15.0 Å². The lowest BCUT2D eigenvalue weighted by Gasteiger charge is -2.27. The predicted octanol–water partition coefficient (Wildman–Crippen LogP) is 4.89. The topological polar surface area (TPSA) is 37.4 Å². The van der Waals surface area contributed by atoms with Crippen molar-refractivity contribution in [2.75, 3.05) is 23.9 Å². The van der Waals surface area contributed by atoms with Gasteiger partial charge in [-0.25, -0.2) is 4.98 Å². The Balaban J connectivity index is 1.69. The summed E-state index contributed by atoms with van der Waals surface area (Å²) in [5.41, 5.74) is 3.67. The number of nitrogens with zero attached hydrogens (tertiary/aromatic N) is 2. The molecule has 0 fully saturated rings. The first kappa shape index (κ1) is 17.4. The zero-order valence-corrected chi connectivity index (χ0v) is 16.4. The van der Waals surface area contributed by atoms with Gasteiger partial charge in [-0.1, -0.05) is 39.0 Å². The molecule has 0 atom stereocenters. The van der Waals surface area contributed by atoms with Gasteiger partial charge in [0, 0.05) is 41.9 Å². The van der Waals surface area contributed by atoms with Crippen molar-refractivity contribution in [3.63, 3.8) is 0 Å². The van der Waals surface area contributed by atoms with E-state index in [0.717, 1.165) is 36.8 Å². The molecule has 2 aliphatic rings. The number of rotatable bonds is 3. The maximum absolute atomic E-state index is 6.36. The van der Waals surface area contributed by atoms with Gasteiger partial charge in [-0.2, -0.15) is 0 Å². The van der Waals surface area contributed by atoms with Gasteiger partial charge >= 0.3 is 0 Å². The molecular formula is C21H25N3OS. The van der Waals surface area contributed by atoms with Crippen LogP contribution in [0.2, 0.25) is 0 Å². The Kier molecular flexibility index (Phi) is 4.67. The molecule has 2 aromatic rings. The van der Waals surface area contributed by atoms with Gasteiger partial charge in [-0.05, 0) is 23.6 Å². The van der Waals surface area contributed by atoms with E-state index in [0.29, 0.717) is 5.88 Å². The Hall–Kier alpha value is -1.98. The first-order valence-electron chi connectivity index (χ1n) is 9.09. The maximum Gasteiger partial charge on any atom is 0.243 e. The van der Waals surface area contributed by atoms with Crippen molar-refractivity contribution in [1.82, 2.24) is 10.3 Å². The maximum atomic E-state index is 6.36. The summed E-state index contributed by atoms with van der Waals surface area (Å²) in [5.74, 6) is 2.48. The number of hydrogen-bond donors (Lipinski definition) is 1. The van der Waals surface area contributed by atoms with Gasteiger partial charge in [0.1, 0.15) is 11.4 Å². The largest absolute Gasteiger partial charge is 0.437 e. The van der Waals surface area contributed by atoms with Crippen LogP contribution in [0.25, 0.3) is 0 Å². The highest BCUT2D eigenvalue weighted by Gasteiger charge is 2.29. The van der Waals surface area contributed by atoms with Crippen LogP contribution in [-0.4, -0.2) is 24.0 Å². The Morgan fingerprint density at radius 2 is 2.00 bits per heavy atom. The summed E-state index contributed by atoms with van der Waals surface area (Å²) in [7, 11) is 0. The number of nitrogens with one attached hydrogen (secondary N) is 1. The van der Waals surface area contributed by atoms with E-state index in [1.54, 1.807) is 6.20 Å². The van der Waals surface area contributed by atoms with Crippen molar-refractivity contribution in [3.8, 4) is 11.6 Å². The molecule has 136 valence electrons. The van der Waals surface area contributed by atoms with E-state index < -0.39 is 0 Å². The van der Waals surface area contributed by atoms with Crippen molar-refractivity contribution in [3.05, 3.63) is 58.8 Å². The second kappa shape index (κ2) is 6.97. The minimum Gasteiger partial charge on any atom is -0.437 e. The lowest BCUT2D eigenvalue weighted by molar-refractivity contribution is 0.440. The highest BCUT2D eigenvalue weighted by Crippen LogP contribution is 2.43. The quantitative estimate of drug-likeness (QED) is 0.836. The number of thioether (sulfide) groups is 1. The number of para-hydroxylation sites is 1. The molecule has 4 rings (SSSR count). The number of hydrogen-bond acceptors (Lipinski definition) is 5. The summed E-state index contributed by atoms with van der Waals surface area (Å²) in [6.07, 6.45) is 2.86. The molecule has 3 heterocycles. The van der Waals surface area contributed by atoms with Crippen LogP contribution < -0.4 is 15.0 Å². The van der Waals surface area contributed by atoms with Crippen LogP contribution in [0.1, 0.15) is 32.8 Å². The number of ether oxygens (including phenoxy) is 1. The van der Waals surface area contributed by atoms with Crippen molar-refractivity contribution >= 4 is 17.4 Å². The van der Waals surface area contributed by atoms with Crippen LogP contribution in [0.15, 0.2) is 53.2 Å². The summed E-state index contributed by atoms with van der Waals surface area (Å²) in [6, 6.07) is 12.4. The lowest BCUT2D eigenvalue weighted by Crippen LogP contribution is -2.28. The van der Waals surface area contributed by atoms with Crippen LogP contribution in [-0.2, 0) is 5.41 Å². The van der Waals surface area contributed by atoms with Gasteiger partial charge in [0.25, 0.3) is 0 Å². The fourth-order valence-electron chi connectivity index (χ4n) is 3.45. The van der Waals surface area contributed by atoms with Crippen LogP contribution in [0.3, 0.4) is 0 Å². The molecule has 0 bridgehead atoms. The molecule has 0 amide bonds. The molecule has 1 aromatic heterocycles. The molecule has 2 aliphatic heterocycles. The molecule has 26 heavy (non-hydrogen) atoms. The fourth-order valence-corrected chi connectivity index (χ4v) is 4.61. The Morgan fingerprint density at radius 1 is 1.15 bits per heavy atom. The van der Waals surface area contributed by atoms with Crippen molar-refractivity contribution in [1.29, 1.82) is 0 Å². The van der Waals surface area contributed by atoms with Gasteiger partial charge in [-0.3, -0.25) is 0 Å². The molecule has 0 aliphatic carbocycles. The average molecular weight is 368 g/mol. The van der Waals surface area contributed by atoms with Crippen LogP contribution >= 0.6 is 11.8 Å². The van der Waals surface area contributed by atoms with Crippen LogP contribution in [0.5, 0.6) is 11.6 Å². The lowest BCUT2D eigenvalue weighted by atomic mass is 9.86. The summed E-state index contributed by atoms with van der Waals surface area (Å²) in [5, 5.41) is 3.45. The van der Waals surface area contributed by atoms with E-state index in [-0.39, 0.29) is 5.41 Å². The zero-order valence-electron chi connectivity index (χ0n) is 15.6. The van der Waals surface area contributed by atoms with E-state index >= 15 is 0 Å². The molecule has 0 saturated carbocycles. The number of aromatic nitrogens is 1. The Morgan fingerprint density at radius 3 is 2.85 bits per heavy atom. The van der Waals surface area contributed by atoms with Gasteiger partial charge in [0.2, 0.25) is 5.88 Å². The van der Waals surface area contributed by atoms with Crippen LogP contribution in [0, 0.1) is 0 Å². The van der Waals surface area contributed by atoms with E-state index in [4.69, 9.17) is 4.74 Å². The molecular weight excluding hydrogens is 342 g/mol. The first-order chi connectivity index (χ1) is 12.5. The van der Waals surface area contributed by atoms with E-state index in [2.05, 4.69) is 54.2 Å². The summed E-state index contributed by atoms with van der Waals surface area (Å²) in [4.78, 5) is 8.38. The minimum absolute atomic E-state index is 0.0137. The minimum atomic E-state index is 0.0137. The summed E-state index contributed by atoms with van der Waals surface area (Å²) < 4.78 is 6.36. The highest BCUT2D eigenvalue weighted by molar-refractivity contribution is 8.03. The Bertz CT molecular complexity index is 841. The van der Waals surface area contributed by atoms with E-state index in [1.165, 1.54) is 16.2 Å². The van der Waals surface area contributed by atoms with E-state index in [9.17, 15) is 0 Å². The smallest absolute Gasteiger partial charge is 0.243 e. The molecule has 1 aromatic carbocycles. The third kappa shape index (κ3) is 3.33. The summed E-state index contributed by atoms with van der Waals surface area (Å²) in [6.45, 7) is 8.62. The Labute approximate surface area is 159 Å². The molecule has 1 N–H and O–H groups in total. The fraction of sp³-hybridized carbons (Fsp3) is 0.381. The number of anilines is 1. The van der Waals surface area contributed by atoms with Crippen molar-refractivity contribution in [2.24, 2.45) is 0 Å². The first-order valence-corrected chi connectivity index (χ1v) is 10.1. The molecule has 4 nitrogen and oxygen atoms in total. The number of benzene rings is 1. The molecule has 5 heteroatoms. The van der Waals surface area contributed by atoms with Crippen LogP contribution in [0.4, 0.5) is 5.69 Å². The average Bonchev–Trinajstić information content (AvgIpc) is 3.06. The molecule has 0 unspecified atom stereocenters. The van der Waals surface area contributed by atoms with Crippen molar-refractivity contribution in [2.45, 2.75) is 32.6 Å². The van der Waals surface area contributed by atoms with Crippen molar-refractivity contribution < 1.29 is 4.74 Å². The molecule has 0 saturated heterocycles. The second-order valence-electron chi connectivity index (χ2n) is 7.67. The van der Waals surface area contributed by atoms with Gasteiger partial charge in [-0.15, -0.1) is 11.8 Å². The third-order valence-electron chi connectivity index (χ3n) is 4.78. The standard InChI is InChI=1S/C21H25N3OS/c1-21(2,3)15-7-4-5-9-18(15)25-20-17(8-6-11-23-20)24-14-26-19-13-22-12-10-16(19)24/h4-9,11,22H,10,12-14H2,1-3H3. The molecule has 0 radical (unpaired) electrons. The number of pyridine rings is 1. The van der Waals surface area contributed by atoms with Gasteiger partial charge in [0.05, 0.1) is 5.88 Å². The molecule has 0 spiro atoms. The van der Waals surface area contributed by atoms with Gasteiger partial charge in [0.15, 0.2) is 0 Å². The highest BCUT2D eigenvalue weighted by atomic mass is 32.2. The summed E-state index contributed by atoms with van der Waals surface area (Å²) >= 11 is 1.91. The second-order valence-corrected chi connectivity index (χ2v) is 8.71.